The number of nitrogens with zero attached hydrogens (tertiary/aromatic N) is 4. The Kier molecular flexibility index (Phi) is 8.12. The SMILES string of the molecule is CC(C)[C@@H](NOCc1ccccc1)C(=O)OP(N)(=O)OC[C@H]1C=C[C@@H](n2cnc3c(N)ncnc32)C1. The molecule has 0 amide bonds. The number of carbonyl (C=O) groups excluding carboxylic acids is 1. The number of imidazole rings is 1. The molecule has 1 unspecified atom stereocenters. The summed E-state index contributed by atoms with van der Waals surface area (Å²) in [5.41, 5.74) is 16.4. The quantitative estimate of drug-likeness (QED) is 0.195. The third kappa shape index (κ3) is 6.34. The van der Waals surface area contributed by atoms with E-state index in [0.717, 1.165) is 5.56 Å². The van der Waals surface area contributed by atoms with Gasteiger partial charge in [0.25, 0.3) is 0 Å². The van der Waals surface area contributed by atoms with Crippen LogP contribution in [0.3, 0.4) is 0 Å². The van der Waals surface area contributed by atoms with Gasteiger partial charge in [0.15, 0.2) is 11.5 Å². The highest BCUT2D eigenvalue weighted by molar-refractivity contribution is 7.51. The molecule has 0 fully saturated rings. The molecule has 1 aliphatic carbocycles. The Bertz CT molecular complexity index is 1270. The highest BCUT2D eigenvalue weighted by atomic mass is 31.2. The number of fused-ring (bicyclic) bond motifs is 1. The smallest absolute Gasteiger partial charge is 0.382 e. The van der Waals surface area contributed by atoms with Crippen molar-refractivity contribution in [2.75, 3.05) is 12.3 Å². The summed E-state index contributed by atoms with van der Waals surface area (Å²) in [4.78, 5) is 30.6. The lowest BCUT2D eigenvalue weighted by molar-refractivity contribution is -0.144. The lowest BCUT2D eigenvalue weighted by atomic mass is 10.1. The van der Waals surface area contributed by atoms with Gasteiger partial charge in [-0.1, -0.05) is 56.3 Å². The number of carbonyl (C=O) groups is 1. The monoisotopic (exact) mass is 515 g/mol. The molecule has 0 saturated carbocycles. The van der Waals surface area contributed by atoms with E-state index in [9.17, 15) is 9.36 Å². The number of nitrogens with one attached hydrogen (secondary N) is 1. The number of benzene rings is 1. The van der Waals surface area contributed by atoms with Crippen LogP contribution in [0.25, 0.3) is 11.2 Å². The molecule has 13 heteroatoms. The second-order valence-corrected chi connectivity index (χ2v) is 10.4. The van der Waals surface area contributed by atoms with Crippen LogP contribution in [0.5, 0.6) is 0 Å². The first kappa shape index (κ1) is 25.9. The lowest BCUT2D eigenvalue weighted by Crippen LogP contribution is -2.42. The van der Waals surface area contributed by atoms with E-state index in [2.05, 4.69) is 20.4 Å². The minimum absolute atomic E-state index is 0.0160. The number of hydroxylamine groups is 1. The summed E-state index contributed by atoms with van der Waals surface area (Å²) in [5, 5.41) is 0. The van der Waals surface area contributed by atoms with Crippen LogP contribution >= 0.6 is 7.75 Å². The van der Waals surface area contributed by atoms with Gasteiger partial charge in [0.2, 0.25) is 0 Å². The Labute approximate surface area is 208 Å². The molecule has 3 aromatic rings. The van der Waals surface area contributed by atoms with Crippen molar-refractivity contribution in [3.63, 3.8) is 0 Å². The topological polar surface area (TPSA) is 170 Å². The molecule has 12 nitrogen and oxygen atoms in total. The molecule has 4 rings (SSSR count). The van der Waals surface area contributed by atoms with E-state index in [0.29, 0.717) is 23.4 Å². The largest absolute Gasteiger partial charge is 0.458 e. The van der Waals surface area contributed by atoms with Gasteiger partial charge in [-0.05, 0) is 17.9 Å². The minimum Gasteiger partial charge on any atom is -0.382 e. The van der Waals surface area contributed by atoms with Crippen LogP contribution in [0.1, 0.15) is 31.9 Å². The zero-order valence-corrected chi connectivity index (χ0v) is 21.0. The minimum atomic E-state index is -4.15. The van der Waals surface area contributed by atoms with Gasteiger partial charge in [-0.25, -0.2) is 29.8 Å². The Morgan fingerprint density at radius 3 is 2.75 bits per heavy atom. The van der Waals surface area contributed by atoms with Gasteiger partial charge in [0, 0.05) is 5.92 Å². The molecule has 36 heavy (non-hydrogen) atoms. The molecule has 0 bridgehead atoms. The highest BCUT2D eigenvalue weighted by Crippen LogP contribution is 2.42. The predicted molar refractivity (Wildman–Crippen MR) is 133 cm³/mol. The highest BCUT2D eigenvalue weighted by Gasteiger charge is 2.33. The summed E-state index contributed by atoms with van der Waals surface area (Å²) in [7, 11) is -4.15. The van der Waals surface area contributed by atoms with Crippen molar-refractivity contribution < 1.29 is 23.2 Å². The third-order valence-corrected chi connectivity index (χ3v) is 6.74. The molecule has 1 aromatic carbocycles. The maximum atomic E-state index is 12.7. The van der Waals surface area contributed by atoms with Crippen LogP contribution in [0.2, 0.25) is 0 Å². The van der Waals surface area contributed by atoms with E-state index >= 15 is 0 Å². The van der Waals surface area contributed by atoms with Crippen LogP contribution < -0.4 is 16.7 Å². The second kappa shape index (κ2) is 11.3. The van der Waals surface area contributed by atoms with E-state index in [1.807, 2.05) is 47.1 Å². The summed E-state index contributed by atoms with van der Waals surface area (Å²) >= 11 is 0. The lowest BCUT2D eigenvalue weighted by Gasteiger charge is -2.23. The molecule has 0 radical (unpaired) electrons. The van der Waals surface area contributed by atoms with E-state index < -0.39 is 19.8 Å². The normalized spacial score (nSPS) is 20.0. The fraction of sp³-hybridized carbons (Fsp3) is 0.391. The van der Waals surface area contributed by atoms with E-state index in [-0.39, 0.29) is 31.1 Å². The van der Waals surface area contributed by atoms with Crippen molar-refractivity contribution in [1.82, 2.24) is 25.0 Å². The van der Waals surface area contributed by atoms with Crippen molar-refractivity contribution in [3.8, 4) is 0 Å². The summed E-state index contributed by atoms with van der Waals surface area (Å²) in [6.07, 6.45) is 7.58. The van der Waals surface area contributed by atoms with Crippen molar-refractivity contribution in [2.45, 2.75) is 39.0 Å². The number of hydrogen-bond acceptors (Lipinski definition) is 10. The fourth-order valence-electron chi connectivity index (χ4n) is 3.85. The molecule has 2 heterocycles. The van der Waals surface area contributed by atoms with E-state index in [1.54, 1.807) is 20.2 Å². The van der Waals surface area contributed by atoms with Crippen molar-refractivity contribution in [2.24, 2.45) is 17.3 Å². The molecule has 192 valence electrons. The zero-order valence-electron chi connectivity index (χ0n) is 20.1. The maximum Gasteiger partial charge on any atom is 0.458 e. The van der Waals surface area contributed by atoms with Gasteiger partial charge in [0.05, 0.1) is 25.6 Å². The first-order valence-corrected chi connectivity index (χ1v) is 13.1. The Balaban J connectivity index is 1.27. The van der Waals surface area contributed by atoms with Crippen LogP contribution in [0.15, 0.2) is 55.1 Å². The summed E-state index contributed by atoms with van der Waals surface area (Å²) in [5.74, 6) is -0.817. The molecule has 5 N–H and O–H groups in total. The average molecular weight is 516 g/mol. The molecular formula is C23H30N7O5P. The number of nitrogens with two attached hydrogens (primary N) is 2. The van der Waals surface area contributed by atoms with E-state index in [1.165, 1.54) is 6.33 Å². The number of nitrogen functional groups attached to an aromatic ring is 1. The standard InChI is InChI=1S/C23H30N7O5P/c1-15(2)19(29-33-11-16-6-4-3-5-7-16)23(31)35-36(25,32)34-12-17-8-9-18(10-17)30-14-28-20-21(24)26-13-27-22(20)30/h3-9,13-15,17-19,29H,10-12H2,1-2H3,(H2,25,32)(H2,24,26,27)/t17-,18+,19+,36?/m0/s1. The zero-order chi connectivity index (χ0) is 25.7. The Morgan fingerprint density at radius 2 is 2.00 bits per heavy atom. The fourth-order valence-corrected chi connectivity index (χ4v) is 4.67. The van der Waals surface area contributed by atoms with Gasteiger partial charge in [0.1, 0.15) is 17.9 Å². The van der Waals surface area contributed by atoms with Gasteiger partial charge in [-0.2, -0.15) is 5.48 Å². The number of rotatable bonds is 11. The van der Waals surface area contributed by atoms with Crippen LogP contribution in [0, 0.1) is 11.8 Å². The van der Waals surface area contributed by atoms with Gasteiger partial charge >= 0.3 is 13.7 Å². The van der Waals surface area contributed by atoms with E-state index in [4.69, 9.17) is 25.1 Å². The number of aromatic nitrogens is 4. The molecule has 4 atom stereocenters. The average Bonchev–Trinajstić information content (AvgIpc) is 3.48. The van der Waals surface area contributed by atoms with Gasteiger partial charge in [-0.3, -0.25) is 9.36 Å². The molecule has 0 aliphatic heterocycles. The molecule has 0 saturated heterocycles. The predicted octanol–water partition coefficient (Wildman–Crippen LogP) is 2.90. The summed E-state index contributed by atoms with van der Waals surface area (Å²) in [6, 6.07) is 8.54. The van der Waals surface area contributed by atoms with Crippen LogP contribution in [-0.2, 0) is 29.9 Å². The summed E-state index contributed by atoms with van der Waals surface area (Å²) in [6.45, 7) is 3.86. The van der Waals surface area contributed by atoms with Crippen molar-refractivity contribution >= 4 is 30.7 Å². The molecule has 0 spiro atoms. The first-order chi connectivity index (χ1) is 17.2. The second-order valence-electron chi connectivity index (χ2n) is 8.89. The van der Waals surface area contributed by atoms with Gasteiger partial charge in [-0.15, -0.1) is 0 Å². The number of hydrogen-bond donors (Lipinski definition) is 3. The van der Waals surface area contributed by atoms with Gasteiger partial charge < -0.3 is 14.8 Å². The molecule has 1 aliphatic rings. The maximum absolute atomic E-state index is 12.7. The molecule has 2 aromatic heterocycles. The van der Waals surface area contributed by atoms with Crippen molar-refractivity contribution in [1.29, 1.82) is 0 Å². The number of allylic oxidation sites excluding steroid dienone is 1. The third-order valence-electron chi connectivity index (χ3n) is 5.79. The Hall–Kier alpha value is -3.15. The Morgan fingerprint density at radius 1 is 1.22 bits per heavy atom. The number of anilines is 1. The van der Waals surface area contributed by atoms with Crippen LogP contribution in [0.4, 0.5) is 5.82 Å². The summed E-state index contributed by atoms with van der Waals surface area (Å²) < 4.78 is 25.0. The van der Waals surface area contributed by atoms with Crippen LogP contribution in [-0.4, -0.2) is 38.1 Å². The molecular weight excluding hydrogens is 485 g/mol. The van der Waals surface area contributed by atoms with Crippen molar-refractivity contribution in [3.05, 3.63) is 60.7 Å². The first-order valence-electron chi connectivity index (χ1n) is 11.5.